The summed E-state index contributed by atoms with van der Waals surface area (Å²) in [6.45, 7) is 3.77. The summed E-state index contributed by atoms with van der Waals surface area (Å²) in [5.41, 5.74) is 4.35. The molecule has 186 valence electrons. The highest BCUT2D eigenvalue weighted by atomic mass is 32.1. The first-order valence-corrected chi connectivity index (χ1v) is 12.4. The van der Waals surface area contributed by atoms with Crippen molar-refractivity contribution >= 4 is 39.1 Å². The van der Waals surface area contributed by atoms with E-state index in [1.165, 1.54) is 12.1 Å². The fraction of sp³-hybridized carbons (Fsp3) is 0.154. The van der Waals surface area contributed by atoms with Crippen LogP contribution in [-0.2, 0) is 0 Å². The van der Waals surface area contributed by atoms with Gasteiger partial charge in [0.2, 0.25) is 0 Å². The second kappa shape index (κ2) is 9.02. The predicted molar refractivity (Wildman–Crippen MR) is 140 cm³/mol. The number of rotatable bonds is 6. The van der Waals surface area contributed by atoms with Gasteiger partial charge in [-0.25, -0.2) is 14.4 Å². The molecule has 0 aliphatic carbocycles. The van der Waals surface area contributed by atoms with Crippen molar-refractivity contribution in [3.8, 4) is 33.1 Å². The third-order valence-corrected chi connectivity index (χ3v) is 7.01. The number of aromatic nitrogens is 6. The third-order valence-electron chi connectivity index (χ3n) is 6.10. The van der Waals surface area contributed by atoms with Crippen LogP contribution in [0.3, 0.4) is 0 Å². The van der Waals surface area contributed by atoms with Crippen molar-refractivity contribution in [2.24, 2.45) is 5.92 Å². The van der Waals surface area contributed by atoms with Crippen molar-refractivity contribution in [3.05, 3.63) is 65.9 Å². The van der Waals surface area contributed by atoms with Gasteiger partial charge >= 0.3 is 0 Å². The molecule has 37 heavy (non-hydrogen) atoms. The number of nitrogens with one attached hydrogen (secondary N) is 3. The van der Waals surface area contributed by atoms with Gasteiger partial charge in [-0.1, -0.05) is 13.8 Å². The van der Waals surface area contributed by atoms with Crippen LogP contribution in [0.25, 0.3) is 55.2 Å². The first kappa shape index (κ1) is 23.2. The molecule has 0 aliphatic rings. The van der Waals surface area contributed by atoms with Crippen LogP contribution in [-0.4, -0.2) is 41.5 Å². The van der Waals surface area contributed by atoms with E-state index < -0.39 is 12.0 Å². The fourth-order valence-electron chi connectivity index (χ4n) is 4.13. The number of aromatic amines is 2. The van der Waals surface area contributed by atoms with Crippen LogP contribution in [0.2, 0.25) is 0 Å². The number of aliphatic hydroxyl groups is 1. The second-order valence-electron chi connectivity index (χ2n) is 8.99. The summed E-state index contributed by atoms with van der Waals surface area (Å²) in [7, 11) is 0. The number of hydrogen-bond acceptors (Lipinski definition) is 7. The quantitative estimate of drug-likeness (QED) is 0.203. The minimum atomic E-state index is -0.762. The lowest BCUT2D eigenvalue weighted by Gasteiger charge is -2.17. The topological polar surface area (TPSA) is 115 Å². The Hall–Kier alpha value is -4.22. The summed E-state index contributed by atoms with van der Waals surface area (Å²) >= 11 is 1.04. The number of aliphatic hydroxyl groups excluding tert-OH is 1. The molecule has 5 aromatic heterocycles. The number of H-pyrrole nitrogens is 2. The number of thiophene rings is 1. The first-order chi connectivity index (χ1) is 17.9. The van der Waals surface area contributed by atoms with Crippen molar-refractivity contribution in [1.29, 1.82) is 0 Å². The van der Waals surface area contributed by atoms with E-state index >= 15 is 4.39 Å². The van der Waals surface area contributed by atoms with Crippen molar-refractivity contribution in [2.75, 3.05) is 5.32 Å². The van der Waals surface area contributed by atoms with Crippen molar-refractivity contribution < 1.29 is 13.9 Å². The zero-order valence-corrected chi connectivity index (χ0v) is 20.6. The van der Waals surface area contributed by atoms with Gasteiger partial charge in [-0.2, -0.15) is 9.49 Å². The number of pyridine rings is 2. The standard InChI is InChI=1S/C26H21F2N7OS/c1-12(2)26(36)31-14-7-13(10-29-11-14)16-8-17-19(9-18(16)27)34-35-23(17)25-32-22-15(5-6-30-24(22)33-25)20-3-4-21(28)37-20/h3-12,26,31,36H,1-2H3,(H,34,35)(H,30,32,33). The Morgan fingerprint density at radius 3 is 2.70 bits per heavy atom. The van der Waals surface area contributed by atoms with Crippen LogP contribution in [0.15, 0.2) is 55.0 Å². The molecule has 0 fully saturated rings. The largest absolute Gasteiger partial charge is 0.374 e. The average molecular weight is 518 g/mol. The van der Waals surface area contributed by atoms with Crippen molar-refractivity contribution in [2.45, 2.75) is 20.1 Å². The Morgan fingerprint density at radius 2 is 1.92 bits per heavy atom. The SMILES string of the molecule is CC(C)C(O)Nc1cncc(-c2cc3c(-c4nc5nccc(-c6ccc(F)s6)c5[nH]4)n[nH]c3cc2F)c1. The van der Waals surface area contributed by atoms with Crippen molar-refractivity contribution in [3.63, 3.8) is 0 Å². The lowest BCUT2D eigenvalue weighted by atomic mass is 10.0. The molecular weight excluding hydrogens is 496 g/mol. The number of benzene rings is 1. The molecule has 6 aromatic rings. The summed E-state index contributed by atoms with van der Waals surface area (Å²) in [6.07, 6.45) is 4.00. The molecule has 0 amide bonds. The van der Waals surface area contributed by atoms with Gasteiger partial charge < -0.3 is 15.4 Å². The maximum atomic E-state index is 15.1. The Kier molecular flexibility index (Phi) is 5.65. The fourth-order valence-corrected chi connectivity index (χ4v) is 4.89. The van der Waals surface area contributed by atoms with Gasteiger partial charge in [0.05, 0.1) is 22.9 Å². The molecule has 11 heteroatoms. The van der Waals surface area contributed by atoms with E-state index in [4.69, 9.17) is 0 Å². The van der Waals surface area contributed by atoms with E-state index in [2.05, 4.69) is 35.5 Å². The first-order valence-electron chi connectivity index (χ1n) is 11.6. The number of nitrogens with zero attached hydrogens (tertiary/aromatic N) is 4. The number of anilines is 1. The highest BCUT2D eigenvalue weighted by molar-refractivity contribution is 7.14. The molecule has 1 unspecified atom stereocenters. The summed E-state index contributed by atoms with van der Waals surface area (Å²) in [4.78, 5) is 17.2. The van der Waals surface area contributed by atoms with Crippen LogP contribution in [0.1, 0.15) is 13.8 Å². The van der Waals surface area contributed by atoms with Gasteiger partial charge in [0.25, 0.3) is 0 Å². The maximum absolute atomic E-state index is 15.1. The molecule has 0 saturated heterocycles. The summed E-state index contributed by atoms with van der Waals surface area (Å²) in [5, 5.41) is 20.8. The highest BCUT2D eigenvalue weighted by Gasteiger charge is 2.19. The van der Waals surface area contributed by atoms with Crippen LogP contribution in [0, 0.1) is 16.9 Å². The molecule has 8 nitrogen and oxygen atoms in total. The number of imidazole rings is 1. The molecule has 0 radical (unpaired) electrons. The summed E-state index contributed by atoms with van der Waals surface area (Å²) in [6, 6.07) is 9.75. The van der Waals surface area contributed by atoms with Gasteiger partial charge in [-0.3, -0.25) is 10.1 Å². The predicted octanol–water partition coefficient (Wildman–Crippen LogP) is 5.96. The van der Waals surface area contributed by atoms with E-state index in [9.17, 15) is 9.50 Å². The summed E-state index contributed by atoms with van der Waals surface area (Å²) in [5.74, 6) is -0.00777. The van der Waals surface area contributed by atoms with Gasteiger partial charge in [-0.05, 0) is 36.2 Å². The molecule has 4 N–H and O–H groups in total. The zero-order valence-electron chi connectivity index (χ0n) is 19.8. The Morgan fingerprint density at radius 1 is 1.05 bits per heavy atom. The second-order valence-corrected chi connectivity index (χ2v) is 10.0. The maximum Gasteiger partial charge on any atom is 0.178 e. The van der Waals surface area contributed by atoms with Gasteiger partial charge in [-0.15, -0.1) is 11.3 Å². The van der Waals surface area contributed by atoms with Crippen molar-refractivity contribution in [1.82, 2.24) is 30.1 Å². The molecule has 6 rings (SSSR count). The lowest BCUT2D eigenvalue weighted by Crippen LogP contribution is -2.24. The van der Waals surface area contributed by atoms with Crippen LogP contribution in [0.4, 0.5) is 14.5 Å². The molecule has 0 bridgehead atoms. The molecule has 5 heterocycles. The van der Waals surface area contributed by atoms with Crippen LogP contribution in [0.5, 0.6) is 0 Å². The monoisotopic (exact) mass is 517 g/mol. The normalized spacial score (nSPS) is 12.6. The van der Waals surface area contributed by atoms with E-state index in [0.717, 1.165) is 21.8 Å². The molecule has 0 aliphatic heterocycles. The Balaban J connectivity index is 1.44. The summed E-state index contributed by atoms with van der Waals surface area (Å²) < 4.78 is 28.8. The molecule has 0 saturated carbocycles. The minimum Gasteiger partial charge on any atom is -0.374 e. The van der Waals surface area contributed by atoms with Gasteiger partial charge in [0.15, 0.2) is 16.6 Å². The molecule has 1 aromatic carbocycles. The number of fused-ring (bicyclic) bond motifs is 2. The third kappa shape index (κ3) is 4.21. The molecule has 1 atom stereocenters. The molecular formula is C26H21F2N7OS. The average Bonchev–Trinajstić information content (AvgIpc) is 3.60. The smallest absolute Gasteiger partial charge is 0.178 e. The van der Waals surface area contributed by atoms with E-state index in [0.29, 0.717) is 50.4 Å². The van der Waals surface area contributed by atoms with Gasteiger partial charge in [0.1, 0.15) is 17.7 Å². The number of halogens is 2. The van der Waals surface area contributed by atoms with Crippen LogP contribution < -0.4 is 5.32 Å². The lowest BCUT2D eigenvalue weighted by molar-refractivity contribution is 0.153. The molecule has 0 spiro atoms. The van der Waals surface area contributed by atoms with Crippen LogP contribution >= 0.6 is 11.3 Å². The highest BCUT2D eigenvalue weighted by Crippen LogP contribution is 2.35. The number of hydrogen-bond donors (Lipinski definition) is 4. The Labute approximate surface area is 213 Å². The van der Waals surface area contributed by atoms with E-state index in [1.54, 1.807) is 42.9 Å². The minimum absolute atomic E-state index is 0.0112. The van der Waals surface area contributed by atoms with E-state index in [-0.39, 0.29) is 11.0 Å². The van der Waals surface area contributed by atoms with Gasteiger partial charge in [0, 0.05) is 45.4 Å². The Bertz CT molecular complexity index is 1760. The zero-order chi connectivity index (χ0) is 25.7. The van der Waals surface area contributed by atoms with E-state index in [1.807, 2.05) is 13.8 Å².